The smallest absolute Gasteiger partial charge is 0.416 e. The molecule has 8 nitrogen and oxygen atoms in total. The molecule has 0 bridgehead atoms. The van der Waals surface area contributed by atoms with Gasteiger partial charge >= 0.3 is 6.18 Å². The highest BCUT2D eigenvalue weighted by atomic mass is 19.4. The second kappa shape index (κ2) is 13.5. The molecule has 4 rings (SSSR count). The van der Waals surface area contributed by atoms with E-state index in [9.17, 15) is 13.2 Å². The van der Waals surface area contributed by atoms with Crippen molar-refractivity contribution in [3.05, 3.63) is 84.2 Å². The van der Waals surface area contributed by atoms with Crippen LogP contribution in [0.1, 0.15) is 19.4 Å². The Morgan fingerprint density at radius 2 is 1.76 bits per heavy atom. The Hall–Kier alpha value is -4.35. The van der Waals surface area contributed by atoms with Gasteiger partial charge in [0.15, 0.2) is 0 Å². The molecule has 3 aromatic rings. The Bertz CT molecular complexity index is 1510. The number of aromatic nitrogens is 1. The molecule has 0 N–H and O–H groups in total. The average Bonchev–Trinajstić information content (AvgIpc) is 2.98. The Kier molecular flexibility index (Phi) is 9.87. The number of benzene rings is 2. The number of halogens is 3. The molecule has 1 aliphatic heterocycles. The number of methoxy groups -OCH3 is 3. The first-order chi connectivity index (χ1) is 20.2. The molecule has 220 valence electrons. The molecule has 1 aliphatic rings. The van der Waals surface area contributed by atoms with Crippen molar-refractivity contribution in [2.45, 2.75) is 26.1 Å². The van der Waals surface area contributed by atoms with E-state index in [1.165, 1.54) is 19.2 Å². The second-order valence-corrected chi connectivity index (χ2v) is 9.36. The molecule has 0 fully saturated rings. The lowest BCUT2D eigenvalue weighted by atomic mass is 10.1. The lowest BCUT2D eigenvalue weighted by molar-refractivity contribution is -0.137. The van der Waals surface area contributed by atoms with Gasteiger partial charge in [-0.15, -0.1) is 0 Å². The van der Waals surface area contributed by atoms with Gasteiger partial charge in [-0.25, -0.2) is 15.0 Å². The fraction of sp³-hybridized carbons (Fsp3) is 0.290. The SMILES string of the molecule is COCC(CN=C(/C=C1\C(C)=Nc2ccccc2N1c1ccc(C(F)(F)F)cc1)C(C)=Nc1cccnc1OC)OC. The van der Waals surface area contributed by atoms with Gasteiger partial charge in [0.2, 0.25) is 5.88 Å². The van der Waals surface area contributed by atoms with Crippen molar-refractivity contribution in [1.29, 1.82) is 0 Å². The second-order valence-electron chi connectivity index (χ2n) is 9.36. The zero-order valence-corrected chi connectivity index (χ0v) is 24.0. The zero-order valence-electron chi connectivity index (χ0n) is 24.0. The van der Waals surface area contributed by atoms with Crippen LogP contribution in [0.2, 0.25) is 0 Å². The summed E-state index contributed by atoms with van der Waals surface area (Å²) in [5.74, 6) is 0.355. The quantitative estimate of drug-likeness (QED) is 0.239. The molecule has 0 saturated carbocycles. The van der Waals surface area contributed by atoms with Crippen LogP contribution >= 0.6 is 0 Å². The van der Waals surface area contributed by atoms with E-state index in [0.29, 0.717) is 58.1 Å². The largest absolute Gasteiger partial charge is 0.479 e. The molecule has 1 aromatic heterocycles. The normalized spacial score (nSPS) is 15.9. The maximum Gasteiger partial charge on any atom is 0.416 e. The van der Waals surface area contributed by atoms with Gasteiger partial charge in [0.1, 0.15) is 5.69 Å². The van der Waals surface area contributed by atoms with Crippen LogP contribution in [0.15, 0.2) is 93.6 Å². The van der Waals surface area contributed by atoms with E-state index >= 15 is 0 Å². The maximum atomic E-state index is 13.4. The number of anilines is 2. The summed E-state index contributed by atoms with van der Waals surface area (Å²) in [6.45, 7) is 4.26. The van der Waals surface area contributed by atoms with Gasteiger partial charge in [-0.05, 0) is 68.5 Å². The molecule has 1 unspecified atom stereocenters. The first-order valence-electron chi connectivity index (χ1n) is 13.1. The number of hydrogen-bond acceptors (Lipinski definition) is 8. The molecule has 0 radical (unpaired) electrons. The van der Waals surface area contributed by atoms with E-state index in [0.717, 1.165) is 12.1 Å². The van der Waals surface area contributed by atoms with E-state index in [2.05, 4.69) is 4.98 Å². The van der Waals surface area contributed by atoms with Gasteiger partial charge in [-0.2, -0.15) is 13.2 Å². The Labute approximate surface area is 242 Å². The van der Waals surface area contributed by atoms with Crippen LogP contribution in [-0.2, 0) is 15.7 Å². The Morgan fingerprint density at radius 1 is 1.02 bits per heavy atom. The molecule has 0 aliphatic carbocycles. The van der Waals surface area contributed by atoms with Crippen molar-refractivity contribution >= 4 is 39.9 Å². The van der Waals surface area contributed by atoms with Crippen molar-refractivity contribution in [1.82, 2.24) is 4.98 Å². The van der Waals surface area contributed by atoms with Crippen molar-refractivity contribution < 1.29 is 27.4 Å². The average molecular weight is 580 g/mol. The lowest BCUT2D eigenvalue weighted by Crippen LogP contribution is -2.27. The van der Waals surface area contributed by atoms with E-state index in [-0.39, 0.29) is 12.6 Å². The summed E-state index contributed by atoms with van der Waals surface area (Å²) >= 11 is 0. The number of aliphatic imine (C=N–C) groups is 3. The fourth-order valence-corrected chi connectivity index (χ4v) is 4.36. The summed E-state index contributed by atoms with van der Waals surface area (Å²) in [4.78, 5) is 20.5. The highest BCUT2D eigenvalue weighted by Crippen LogP contribution is 2.42. The highest BCUT2D eigenvalue weighted by Gasteiger charge is 2.31. The number of hydrogen-bond donors (Lipinski definition) is 0. The number of alkyl halides is 3. The van der Waals surface area contributed by atoms with E-state index in [1.807, 2.05) is 49.1 Å². The van der Waals surface area contributed by atoms with Crippen molar-refractivity contribution in [2.24, 2.45) is 15.0 Å². The van der Waals surface area contributed by atoms with Crippen molar-refractivity contribution in [3.8, 4) is 5.88 Å². The number of nitrogens with zero attached hydrogens (tertiary/aromatic N) is 5. The van der Waals surface area contributed by atoms with Gasteiger partial charge in [-0.3, -0.25) is 4.99 Å². The third-order valence-electron chi connectivity index (χ3n) is 6.50. The van der Waals surface area contributed by atoms with Crippen LogP contribution in [0.3, 0.4) is 0 Å². The minimum Gasteiger partial charge on any atom is -0.479 e. The molecule has 42 heavy (non-hydrogen) atoms. The maximum absolute atomic E-state index is 13.4. The molecule has 1 atom stereocenters. The first-order valence-corrected chi connectivity index (χ1v) is 13.1. The summed E-state index contributed by atoms with van der Waals surface area (Å²) in [7, 11) is 4.68. The number of para-hydroxylation sites is 2. The molecule has 0 spiro atoms. The van der Waals surface area contributed by atoms with Gasteiger partial charge in [0.05, 0.1) is 66.1 Å². The Morgan fingerprint density at radius 3 is 2.43 bits per heavy atom. The first kappa shape index (κ1) is 30.6. The predicted molar refractivity (Wildman–Crippen MR) is 159 cm³/mol. The van der Waals surface area contributed by atoms with Gasteiger partial charge in [0, 0.05) is 26.1 Å². The summed E-state index contributed by atoms with van der Waals surface area (Å²) in [5, 5.41) is 0. The zero-order chi connectivity index (χ0) is 30.3. The van der Waals surface area contributed by atoms with E-state index in [4.69, 9.17) is 29.2 Å². The van der Waals surface area contributed by atoms with Crippen LogP contribution in [0.25, 0.3) is 0 Å². The third-order valence-corrected chi connectivity index (χ3v) is 6.50. The van der Waals surface area contributed by atoms with Gasteiger partial charge in [-0.1, -0.05) is 12.1 Å². The van der Waals surface area contributed by atoms with Crippen LogP contribution in [0.4, 0.5) is 35.9 Å². The monoisotopic (exact) mass is 579 g/mol. The molecule has 2 heterocycles. The summed E-state index contributed by atoms with van der Waals surface area (Å²) in [6, 6.07) is 16.0. The Balaban J connectivity index is 1.88. The molecule has 0 amide bonds. The third kappa shape index (κ3) is 7.10. The fourth-order valence-electron chi connectivity index (χ4n) is 4.36. The molecule has 11 heteroatoms. The van der Waals surface area contributed by atoms with Crippen LogP contribution in [-0.4, -0.2) is 62.7 Å². The van der Waals surface area contributed by atoms with Crippen LogP contribution in [0.5, 0.6) is 5.88 Å². The summed E-state index contributed by atoms with van der Waals surface area (Å²) < 4.78 is 56.2. The number of ether oxygens (including phenoxy) is 3. The molecule has 0 saturated heterocycles. The highest BCUT2D eigenvalue weighted by molar-refractivity contribution is 6.47. The standard InChI is InChI=1S/C31H32F3N5O3/c1-20(37-26-10-8-16-35-30(26)42-5)27(36-18-24(41-4)19-40-3)17-29-21(2)38-25-9-6-7-11-28(25)39(29)23-14-12-22(13-15-23)31(32,33)34/h6-17,24H,18-19H2,1-5H3/b29-17+,36-27?,37-20?. The lowest BCUT2D eigenvalue weighted by Gasteiger charge is -2.32. The minimum atomic E-state index is -4.45. The van der Waals surface area contributed by atoms with Gasteiger partial charge in [0.25, 0.3) is 0 Å². The van der Waals surface area contributed by atoms with E-state index in [1.54, 1.807) is 32.5 Å². The minimum absolute atomic E-state index is 0.271. The number of pyridine rings is 1. The topological polar surface area (TPSA) is 80.9 Å². The van der Waals surface area contributed by atoms with Crippen molar-refractivity contribution in [3.63, 3.8) is 0 Å². The predicted octanol–water partition coefficient (Wildman–Crippen LogP) is 7.13. The molecular weight excluding hydrogens is 547 g/mol. The summed E-state index contributed by atoms with van der Waals surface area (Å²) in [6.07, 6.45) is -1.32. The number of fused-ring (bicyclic) bond motifs is 1. The van der Waals surface area contributed by atoms with Crippen LogP contribution < -0.4 is 9.64 Å². The molecular formula is C31H32F3N5O3. The van der Waals surface area contributed by atoms with Gasteiger partial charge < -0.3 is 19.1 Å². The number of rotatable bonds is 10. The number of allylic oxidation sites excluding steroid dienone is 2. The van der Waals surface area contributed by atoms with Crippen LogP contribution in [0, 0.1) is 0 Å². The molecule has 2 aromatic carbocycles. The van der Waals surface area contributed by atoms with E-state index < -0.39 is 11.7 Å². The summed E-state index contributed by atoms with van der Waals surface area (Å²) in [5.41, 5.74) is 4.07. The van der Waals surface area contributed by atoms with Crippen molar-refractivity contribution in [2.75, 3.05) is 39.4 Å².